The maximum absolute atomic E-state index is 6.04. The standard InChI is InChI=1S/C12H19ClN2S/c1-14-9-10-4-5-11(13)8-12(10)15(2)6-7-16-3/h4-5,8,14H,6-7,9H2,1-3H3. The number of nitrogens with one attached hydrogen (secondary N) is 1. The molecule has 0 aliphatic rings. The molecule has 0 amide bonds. The van der Waals surface area contributed by atoms with Gasteiger partial charge in [-0.3, -0.25) is 0 Å². The zero-order valence-electron chi connectivity index (χ0n) is 10.1. The summed E-state index contributed by atoms with van der Waals surface area (Å²) in [6, 6.07) is 6.07. The van der Waals surface area contributed by atoms with Crippen molar-refractivity contribution in [2.24, 2.45) is 0 Å². The number of thioether (sulfide) groups is 1. The van der Waals surface area contributed by atoms with E-state index in [-0.39, 0.29) is 0 Å². The molecule has 16 heavy (non-hydrogen) atoms. The molecule has 2 nitrogen and oxygen atoms in total. The van der Waals surface area contributed by atoms with Crippen LogP contribution in [0.5, 0.6) is 0 Å². The quantitative estimate of drug-likeness (QED) is 0.845. The molecule has 0 aliphatic carbocycles. The molecule has 1 rings (SSSR count). The van der Waals surface area contributed by atoms with E-state index < -0.39 is 0 Å². The number of hydrogen-bond donors (Lipinski definition) is 1. The molecule has 0 radical (unpaired) electrons. The van der Waals surface area contributed by atoms with Crippen molar-refractivity contribution >= 4 is 29.1 Å². The van der Waals surface area contributed by atoms with E-state index in [9.17, 15) is 0 Å². The second kappa shape index (κ2) is 7.05. The van der Waals surface area contributed by atoms with Crippen molar-refractivity contribution in [3.8, 4) is 0 Å². The van der Waals surface area contributed by atoms with Gasteiger partial charge in [-0.25, -0.2) is 0 Å². The Morgan fingerprint density at radius 2 is 2.19 bits per heavy atom. The zero-order chi connectivity index (χ0) is 12.0. The van der Waals surface area contributed by atoms with Crippen LogP contribution in [0.3, 0.4) is 0 Å². The maximum atomic E-state index is 6.04. The predicted molar refractivity (Wildman–Crippen MR) is 75.9 cm³/mol. The molecule has 0 atom stereocenters. The van der Waals surface area contributed by atoms with E-state index in [1.807, 2.05) is 30.9 Å². The first kappa shape index (κ1) is 13.7. The van der Waals surface area contributed by atoms with Crippen molar-refractivity contribution in [1.29, 1.82) is 0 Å². The molecule has 1 N–H and O–H groups in total. The molecule has 0 aliphatic heterocycles. The summed E-state index contributed by atoms with van der Waals surface area (Å²) in [6.45, 7) is 1.91. The molecule has 0 spiro atoms. The highest BCUT2D eigenvalue weighted by molar-refractivity contribution is 7.98. The lowest BCUT2D eigenvalue weighted by atomic mass is 10.1. The predicted octanol–water partition coefficient (Wildman–Crippen LogP) is 2.86. The Morgan fingerprint density at radius 3 is 2.81 bits per heavy atom. The Hall–Kier alpha value is -0.380. The summed E-state index contributed by atoms with van der Waals surface area (Å²) in [5.74, 6) is 1.13. The van der Waals surface area contributed by atoms with Gasteiger partial charge in [0.05, 0.1) is 0 Å². The van der Waals surface area contributed by atoms with Gasteiger partial charge in [0, 0.05) is 36.6 Å². The van der Waals surface area contributed by atoms with Gasteiger partial charge in [0.15, 0.2) is 0 Å². The van der Waals surface area contributed by atoms with Gasteiger partial charge in [0.2, 0.25) is 0 Å². The highest BCUT2D eigenvalue weighted by atomic mass is 35.5. The topological polar surface area (TPSA) is 15.3 Å². The second-order valence-electron chi connectivity index (χ2n) is 3.72. The first-order valence-electron chi connectivity index (χ1n) is 5.32. The first-order chi connectivity index (χ1) is 7.69. The average molecular weight is 259 g/mol. The minimum Gasteiger partial charge on any atom is -0.373 e. The lowest BCUT2D eigenvalue weighted by Crippen LogP contribution is -2.22. The fourth-order valence-electron chi connectivity index (χ4n) is 1.58. The van der Waals surface area contributed by atoms with Crippen LogP contribution in [0, 0.1) is 0 Å². The third kappa shape index (κ3) is 3.89. The molecular weight excluding hydrogens is 240 g/mol. The lowest BCUT2D eigenvalue weighted by Gasteiger charge is -2.22. The summed E-state index contributed by atoms with van der Waals surface area (Å²) in [5, 5.41) is 3.98. The van der Waals surface area contributed by atoms with Crippen LogP contribution in [0.2, 0.25) is 5.02 Å². The van der Waals surface area contributed by atoms with Crippen LogP contribution in [-0.4, -0.2) is 32.6 Å². The fourth-order valence-corrected chi connectivity index (χ4v) is 2.20. The highest BCUT2D eigenvalue weighted by Crippen LogP contribution is 2.24. The molecule has 1 aromatic carbocycles. The fraction of sp³-hybridized carbons (Fsp3) is 0.500. The van der Waals surface area contributed by atoms with Crippen LogP contribution >= 0.6 is 23.4 Å². The van der Waals surface area contributed by atoms with E-state index in [2.05, 4.69) is 29.6 Å². The normalized spacial score (nSPS) is 10.5. The van der Waals surface area contributed by atoms with E-state index in [4.69, 9.17) is 11.6 Å². The van der Waals surface area contributed by atoms with Crippen molar-refractivity contribution in [1.82, 2.24) is 5.32 Å². The van der Waals surface area contributed by atoms with E-state index >= 15 is 0 Å². The molecule has 4 heteroatoms. The van der Waals surface area contributed by atoms with Gasteiger partial charge in [-0.15, -0.1) is 0 Å². The summed E-state index contributed by atoms with van der Waals surface area (Å²) in [5.41, 5.74) is 2.51. The summed E-state index contributed by atoms with van der Waals surface area (Å²) in [7, 11) is 4.07. The van der Waals surface area contributed by atoms with Gasteiger partial charge >= 0.3 is 0 Å². The van der Waals surface area contributed by atoms with Gasteiger partial charge < -0.3 is 10.2 Å². The van der Waals surface area contributed by atoms with Gasteiger partial charge in [-0.05, 0) is 31.0 Å². The lowest BCUT2D eigenvalue weighted by molar-refractivity contribution is 0.810. The van der Waals surface area contributed by atoms with E-state index in [0.717, 1.165) is 23.9 Å². The number of anilines is 1. The van der Waals surface area contributed by atoms with Gasteiger partial charge in [-0.2, -0.15) is 11.8 Å². The van der Waals surface area contributed by atoms with E-state index in [1.54, 1.807) is 0 Å². The number of benzene rings is 1. The van der Waals surface area contributed by atoms with Crippen molar-refractivity contribution in [3.05, 3.63) is 28.8 Å². The molecule has 0 saturated heterocycles. The van der Waals surface area contributed by atoms with Crippen LogP contribution in [0.1, 0.15) is 5.56 Å². The van der Waals surface area contributed by atoms with Gasteiger partial charge in [0.1, 0.15) is 0 Å². The van der Waals surface area contributed by atoms with Crippen LogP contribution in [0.25, 0.3) is 0 Å². The largest absolute Gasteiger partial charge is 0.373 e. The van der Waals surface area contributed by atoms with Crippen LogP contribution in [0.4, 0.5) is 5.69 Å². The van der Waals surface area contributed by atoms with Crippen molar-refractivity contribution in [2.45, 2.75) is 6.54 Å². The molecular formula is C12H19ClN2S. The summed E-state index contributed by atoms with van der Waals surface area (Å²) < 4.78 is 0. The number of nitrogens with zero attached hydrogens (tertiary/aromatic N) is 1. The monoisotopic (exact) mass is 258 g/mol. The molecule has 90 valence electrons. The smallest absolute Gasteiger partial charge is 0.0426 e. The van der Waals surface area contributed by atoms with E-state index in [1.165, 1.54) is 11.3 Å². The molecule has 0 unspecified atom stereocenters. The summed E-state index contributed by atoms with van der Waals surface area (Å²) >= 11 is 7.90. The van der Waals surface area contributed by atoms with Crippen LogP contribution < -0.4 is 10.2 Å². The Morgan fingerprint density at radius 1 is 1.44 bits per heavy atom. The van der Waals surface area contributed by atoms with Gasteiger partial charge in [-0.1, -0.05) is 17.7 Å². The third-order valence-electron chi connectivity index (χ3n) is 2.46. The maximum Gasteiger partial charge on any atom is 0.0426 e. The molecule has 0 heterocycles. The summed E-state index contributed by atoms with van der Waals surface area (Å²) in [4.78, 5) is 2.26. The highest BCUT2D eigenvalue weighted by Gasteiger charge is 2.07. The summed E-state index contributed by atoms with van der Waals surface area (Å²) in [6.07, 6.45) is 2.13. The molecule has 0 fully saturated rings. The third-order valence-corrected chi connectivity index (χ3v) is 3.28. The Labute approximate surface area is 107 Å². The van der Waals surface area contributed by atoms with Gasteiger partial charge in [0.25, 0.3) is 0 Å². The number of halogens is 1. The number of rotatable bonds is 6. The van der Waals surface area contributed by atoms with E-state index in [0.29, 0.717) is 0 Å². The minimum atomic E-state index is 0.797. The second-order valence-corrected chi connectivity index (χ2v) is 5.14. The molecule has 1 aromatic rings. The van der Waals surface area contributed by atoms with Crippen molar-refractivity contribution in [2.75, 3.05) is 37.5 Å². The molecule has 0 bridgehead atoms. The first-order valence-corrected chi connectivity index (χ1v) is 7.09. The Bertz CT molecular complexity index is 331. The zero-order valence-corrected chi connectivity index (χ0v) is 11.7. The minimum absolute atomic E-state index is 0.797. The average Bonchev–Trinajstić information content (AvgIpc) is 2.28. The Kier molecular flexibility index (Phi) is 6.03. The molecule has 0 saturated carbocycles. The van der Waals surface area contributed by atoms with Crippen molar-refractivity contribution in [3.63, 3.8) is 0 Å². The SMILES string of the molecule is CNCc1ccc(Cl)cc1N(C)CCSC. The van der Waals surface area contributed by atoms with Crippen LogP contribution in [-0.2, 0) is 6.54 Å². The Balaban J connectivity index is 2.85. The van der Waals surface area contributed by atoms with Crippen LogP contribution in [0.15, 0.2) is 18.2 Å². The van der Waals surface area contributed by atoms with Crippen molar-refractivity contribution < 1.29 is 0 Å². The number of hydrogen-bond acceptors (Lipinski definition) is 3. The molecule has 0 aromatic heterocycles.